The number of nitrogens with zero attached hydrogens (tertiary/aromatic N) is 1. The Morgan fingerprint density at radius 1 is 1.18 bits per heavy atom. The average Bonchev–Trinajstić information content (AvgIpc) is 2.88. The molecule has 1 aliphatic heterocycles. The first kappa shape index (κ1) is 20.3. The van der Waals surface area contributed by atoms with Gasteiger partial charge in [-0.3, -0.25) is 4.79 Å². The van der Waals surface area contributed by atoms with Crippen LogP contribution < -0.4 is 20.1 Å². The van der Waals surface area contributed by atoms with E-state index >= 15 is 0 Å². The Labute approximate surface area is 166 Å². The summed E-state index contributed by atoms with van der Waals surface area (Å²) < 4.78 is 10.4. The third-order valence-electron chi connectivity index (χ3n) is 5.79. The van der Waals surface area contributed by atoms with Crippen LogP contribution in [-0.2, 0) is 4.79 Å². The first-order valence-corrected chi connectivity index (χ1v) is 9.71. The highest BCUT2D eigenvalue weighted by Crippen LogP contribution is 2.52. The van der Waals surface area contributed by atoms with Crippen LogP contribution in [0.25, 0.3) is 0 Å². The smallest absolute Gasteiger partial charge is 0.319 e. The molecule has 28 heavy (non-hydrogen) atoms. The van der Waals surface area contributed by atoms with Gasteiger partial charge in [0.2, 0.25) is 5.91 Å². The Hall–Kier alpha value is -2.44. The van der Waals surface area contributed by atoms with E-state index in [0.717, 1.165) is 25.8 Å². The number of hydrogen-bond acceptors (Lipinski definition) is 4. The van der Waals surface area contributed by atoms with Crippen LogP contribution in [0.15, 0.2) is 18.2 Å². The highest BCUT2D eigenvalue weighted by Gasteiger charge is 2.50. The van der Waals surface area contributed by atoms with Crippen LogP contribution >= 0.6 is 0 Å². The summed E-state index contributed by atoms with van der Waals surface area (Å²) in [5.41, 5.74) is 0.947. The summed E-state index contributed by atoms with van der Waals surface area (Å²) in [5, 5.41) is 5.40. The summed E-state index contributed by atoms with van der Waals surface area (Å²) in [5.74, 6) is 1.10. The molecule has 1 aliphatic carbocycles. The van der Waals surface area contributed by atoms with E-state index < -0.39 is 6.03 Å². The number of hydrogen-bond donors (Lipinski definition) is 2. The predicted octanol–water partition coefficient (Wildman–Crippen LogP) is 3.25. The van der Waals surface area contributed by atoms with Gasteiger partial charge in [0.25, 0.3) is 0 Å². The normalized spacial score (nSPS) is 25.2. The number of benzene rings is 1. The highest BCUT2D eigenvalue weighted by atomic mass is 16.5. The number of ether oxygens (including phenoxy) is 2. The van der Waals surface area contributed by atoms with Crippen molar-refractivity contribution in [3.63, 3.8) is 0 Å². The third-order valence-corrected chi connectivity index (χ3v) is 5.79. The summed E-state index contributed by atoms with van der Waals surface area (Å²) in [6.45, 7) is 7.58. The standard InChI is InChI=1S/C21H31N3O4/c1-20(2)9-14-10-21(3,12-20)13-24(14)18(25)11-22-19(26)23-16-7-6-15(27-4)8-17(16)28-5/h6-8,14H,9-13H2,1-5H3,(H2,22,23,26). The summed E-state index contributed by atoms with van der Waals surface area (Å²) in [4.78, 5) is 27.0. The van der Waals surface area contributed by atoms with Crippen LogP contribution in [0.3, 0.4) is 0 Å². The van der Waals surface area contributed by atoms with Gasteiger partial charge in [0, 0.05) is 18.7 Å². The summed E-state index contributed by atoms with van der Waals surface area (Å²) in [6, 6.07) is 4.95. The maximum atomic E-state index is 12.7. The average molecular weight is 389 g/mol. The number of anilines is 1. The maximum absolute atomic E-state index is 12.7. The Morgan fingerprint density at radius 3 is 2.61 bits per heavy atom. The van der Waals surface area contributed by atoms with Crippen molar-refractivity contribution in [2.45, 2.75) is 46.1 Å². The quantitative estimate of drug-likeness (QED) is 0.810. The van der Waals surface area contributed by atoms with Gasteiger partial charge >= 0.3 is 6.03 Å². The lowest BCUT2D eigenvalue weighted by Crippen LogP contribution is -2.44. The van der Waals surface area contributed by atoms with Crippen LogP contribution in [0.4, 0.5) is 10.5 Å². The van der Waals surface area contributed by atoms with Gasteiger partial charge in [-0.2, -0.15) is 0 Å². The summed E-state index contributed by atoms with van der Waals surface area (Å²) in [6.07, 6.45) is 3.20. The first-order valence-electron chi connectivity index (χ1n) is 9.71. The molecule has 3 rings (SSSR count). The van der Waals surface area contributed by atoms with Crippen LogP contribution in [0, 0.1) is 10.8 Å². The van der Waals surface area contributed by atoms with E-state index in [1.165, 1.54) is 7.11 Å². The fourth-order valence-electron chi connectivity index (χ4n) is 5.08. The van der Waals surface area contributed by atoms with E-state index in [4.69, 9.17) is 9.47 Å². The van der Waals surface area contributed by atoms with Crippen molar-refractivity contribution in [3.8, 4) is 11.5 Å². The van der Waals surface area contributed by atoms with Gasteiger partial charge in [0.05, 0.1) is 26.5 Å². The molecule has 2 atom stereocenters. The van der Waals surface area contributed by atoms with Gasteiger partial charge in [0.1, 0.15) is 11.5 Å². The highest BCUT2D eigenvalue weighted by molar-refractivity contribution is 5.93. The molecular weight excluding hydrogens is 358 g/mol. The number of likely N-dealkylation sites (tertiary alicyclic amines) is 1. The van der Waals surface area contributed by atoms with Crippen molar-refractivity contribution in [3.05, 3.63) is 18.2 Å². The second-order valence-corrected chi connectivity index (χ2v) is 9.11. The van der Waals surface area contributed by atoms with E-state index in [-0.39, 0.29) is 29.3 Å². The summed E-state index contributed by atoms with van der Waals surface area (Å²) in [7, 11) is 3.09. The molecule has 2 unspecified atom stereocenters. The lowest BCUT2D eigenvalue weighted by molar-refractivity contribution is -0.131. The molecule has 2 aliphatic rings. The zero-order valence-electron chi connectivity index (χ0n) is 17.4. The third kappa shape index (κ3) is 4.34. The van der Waals surface area contributed by atoms with Gasteiger partial charge in [-0.05, 0) is 42.2 Å². The van der Waals surface area contributed by atoms with Crippen molar-refractivity contribution < 1.29 is 19.1 Å². The molecular formula is C21H31N3O4. The Balaban J connectivity index is 1.56. The zero-order chi connectivity index (χ0) is 20.5. The van der Waals surface area contributed by atoms with Crippen LogP contribution in [-0.4, -0.2) is 50.2 Å². The SMILES string of the molecule is COc1ccc(NC(=O)NCC(=O)N2CC3(C)CC2CC(C)(C)C3)c(OC)c1. The van der Waals surface area contributed by atoms with E-state index in [0.29, 0.717) is 17.2 Å². The Morgan fingerprint density at radius 2 is 1.93 bits per heavy atom. The lowest BCUT2D eigenvalue weighted by Gasteiger charge is -2.39. The summed E-state index contributed by atoms with van der Waals surface area (Å²) >= 11 is 0. The fraction of sp³-hybridized carbons (Fsp3) is 0.619. The second-order valence-electron chi connectivity index (χ2n) is 9.11. The van der Waals surface area contributed by atoms with Gasteiger partial charge in [-0.15, -0.1) is 0 Å². The molecule has 7 nitrogen and oxygen atoms in total. The van der Waals surface area contributed by atoms with Gasteiger partial charge in [0.15, 0.2) is 0 Å². The number of carbonyl (C=O) groups is 2. The first-order chi connectivity index (χ1) is 13.1. The number of amides is 3. The molecule has 2 fully saturated rings. The molecule has 154 valence electrons. The number of urea groups is 1. The number of carbonyl (C=O) groups excluding carboxylic acids is 2. The predicted molar refractivity (Wildman–Crippen MR) is 108 cm³/mol. The number of rotatable bonds is 5. The minimum absolute atomic E-state index is 0.0166. The number of nitrogens with one attached hydrogen (secondary N) is 2. The number of methoxy groups -OCH3 is 2. The van der Waals surface area contributed by atoms with Crippen molar-refractivity contribution in [2.24, 2.45) is 10.8 Å². The van der Waals surface area contributed by atoms with Crippen molar-refractivity contribution >= 4 is 17.6 Å². The minimum Gasteiger partial charge on any atom is -0.497 e. The molecule has 2 N–H and O–H groups in total. The molecule has 2 bridgehead atoms. The molecule has 7 heteroatoms. The lowest BCUT2D eigenvalue weighted by atomic mass is 9.65. The zero-order valence-corrected chi connectivity index (χ0v) is 17.4. The monoisotopic (exact) mass is 389 g/mol. The van der Waals surface area contributed by atoms with Crippen LogP contribution in [0.1, 0.15) is 40.0 Å². The van der Waals surface area contributed by atoms with E-state index in [1.54, 1.807) is 25.3 Å². The van der Waals surface area contributed by atoms with Gasteiger partial charge in [-0.1, -0.05) is 20.8 Å². The Bertz CT molecular complexity index is 764. The molecule has 3 amide bonds. The fourth-order valence-corrected chi connectivity index (χ4v) is 5.08. The Kier molecular flexibility index (Phi) is 5.46. The molecule has 0 radical (unpaired) electrons. The molecule has 0 aromatic heterocycles. The van der Waals surface area contributed by atoms with E-state index in [2.05, 4.69) is 31.4 Å². The van der Waals surface area contributed by atoms with Crippen molar-refractivity contribution in [2.75, 3.05) is 32.6 Å². The molecule has 1 saturated carbocycles. The van der Waals surface area contributed by atoms with Crippen molar-refractivity contribution in [1.82, 2.24) is 10.2 Å². The minimum atomic E-state index is -0.439. The second kappa shape index (κ2) is 7.53. The molecule has 1 saturated heterocycles. The topological polar surface area (TPSA) is 79.9 Å². The van der Waals surface area contributed by atoms with E-state index in [1.807, 2.05) is 4.90 Å². The molecule has 1 aromatic carbocycles. The number of fused-ring (bicyclic) bond motifs is 2. The van der Waals surface area contributed by atoms with Gasteiger partial charge < -0.3 is 25.0 Å². The van der Waals surface area contributed by atoms with Crippen LogP contribution in [0.2, 0.25) is 0 Å². The van der Waals surface area contributed by atoms with E-state index in [9.17, 15) is 9.59 Å². The molecule has 1 heterocycles. The van der Waals surface area contributed by atoms with Crippen LogP contribution in [0.5, 0.6) is 11.5 Å². The molecule has 1 aromatic rings. The largest absolute Gasteiger partial charge is 0.497 e. The maximum Gasteiger partial charge on any atom is 0.319 e. The van der Waals surface area contributed by atoms with Crippen molar-refractivity contribution in [1.29, 1.82) is 0 Å². The van der Waals surface area contributed by atoms with Gasteiger partial charge in [-0.25, -0.2) is 4.79 Å². The molecule has 0 spiro atoms.